The highest BCUT2D eigenvalue weighted by molar-refractivity contribution is 5.75. The van der Waals surface area contributed by atoms with Crippen molar-refractivity contribution in [2.75, 3.05) is 31.6 Å². The molecule has 1 aromatic heterocycles. The number of amides is 2. The van der Waals surface area contributed by atoms with E-state index >= 15 is 0 Å². The van der Waals surface area contributed by atoms with Gasteiger partial charge in [-0.2, -0.15) is 0 Å². The van der Waals surface area contributed by atoms with Crippen molar-refractivity contribution in [1.82, 2.24) is 15.2 Å². The van der Waals surface area contributed by atoms with E-state index in [0.717, 1.165) is 11.3 Å². The molecule has 3 rings (SSSR count). The average molecular weight is 372 g/mol. The van der Waals surface area contributed by atoms with Crippen LogP contribution in [0.4, 0.5) is 14.9 Å². The summed E-state index contributed by atoms with van der Waals surface area (Å²) in [7, 11) is 1.62. The van der Waals surface area contributed by atoms with E-state index < -0.39 is 0 Å². The topological polar surface area (TPSA) is 57.7 Å². The van der Waals surface area contributed by atoms with Crippen LogP contribution in [0.1, 0.15) is 25.5 Å². The van der Waals surface area contributed by atoms with Crippen molar-refractivity contribution < 1.29 is 13.9 Å². The van der Waals surface area contributed by atoms with Gasteiger partial charge in [0.05, 0.1) is 25.0 Å². The number of nitrogens with one attached hydrogen (secondary N) is 1. The lowest BCUT2D eigenvalue weighted by Crippen LogP contribution is -2.56. The SMILES string of the molecule is COc1cccc(C(C)NC(=O)N2CCN(c3ccncc3F)[C@H](C)C2)c1. The van der Waals surface area contributed by atoms with E-state index in [9.17, 15) is 9.18 Å². The third-order valence-corrected chi connectivity index (χ3v) is 4.91. The molecule has 1 fully saturated rings. The van der Waals surface area contributed by atoms with Crippen LogP contribution in [0.2, 0.25) is 0 Å². The maximum Gasteiger partial charge on any atom is 0.318 e. The molecule has 1 aliphatic rings. The first-order chi connectivity index (χ1) is 13.0. The number of aromatic nitrogens is 1. The summed E-state index contributed by atoms with van der Waals surface area (Å²) in [5, 5.41) is 3.03. The van der Waals surface area contributed by atoms with E-state index in [-0.39, 0.29) is 23.9 Å². The number of benzene rings is 1. The van der Waals surface area contributed by atoms with Gasteiger partial charge >= 0.3 is 6.03 Å². The highest BCUT2D eigenvalue weighted by Crippen LogP contribution is 2.23. The standard InChI is InChI=1S/C20H25FN4O2/c1-14-13-24(9-10-25(14)19-7-8-22-12-18(19)21)20(26)23-15(2)16-5-4-6-17(11-16)27-3/h4-8,11-12,14-15H,9-10,13H2,1-3H3,(H,23,26)/t14-,15?/m1/s1. The Morgan fingerprint density at radius 3 is 2.89 bits per heavy atom. The molecule has 2 heterocycles. The average Bonchev–Trinajstić information content (AvgIpc) is 2.68. The van der Waals surface area contributed by atoms with Crippen LogP contribution in [0.25, 0.3) is 0 Å². The monoisotopic (exact) mass is 372 g/mol. The highest BCUT2D eigenvalue weighted by Gasteiger charge is 2.28. The number of carbonyl (C=O) groups is 1. The molecule has 0 radical (unpaired) electrons. The molecule has 1 aromatic carbocycles. The first kappa shape index (κ1) is 18.9. The lowest BCUT2D eigenvalue weighted by molar-refractivity contribution is 0.183. The fourth-order valence-electron chi connectivity index (χ4n) is 3.37. The highest BCUT2D eigenvalue weighted by atomic mass is 19.1. The quantitative estimate of drug-likeness (QED) is 0.895. The molecule has 1 saturated heterocycles. The van der Waals surface area contributed by atoms with Crippen LogP contribution in [0.3, 0.4) is 0 Å². The number of nitrogens with zero attached hydrogens (tertiary/aromatic N) is 3. The first-order valence-electron chi connectivity index (χ1n) is 9.05. The van der Waals surface area contributed by atoms with Gasteiger partial charge in [0.2, 0.25) is 0 Å². The summed E-state index contributed by atoms with van der Waals surface area (Å²) in [6, 6.07) is 9.07. The molecule has 1 aliphatic heterocycles. The van der Waals surface area contributed by atoms with Crippen molar-refractivity contribution >= 4 is 11.7 Å². The molecule has 0 aliphatic carbocycles. The second kappa shape index (κ2) is 8.24. The number of methoxy groups -OCH3 is 1. The summed E-state index contributed by atoms with van der Waals surface area (Å²) < 4.78 is 19.3. The van der Waals surface area contributed by atoms with E-state index in [1.807, 2.05) is 43.0 Å². The van der Waals surface area contributed by atoms with Gasteiger partial charge in [-0.25, -0.2) is 9.18 Å². The van der Waals surface area contributed by atoms with Crippen molar-refractivity contribution in [3.63, 3.8) is 0 Å². The maximum absolute atomic E-state index is 14.0. The second-order valence-electron chi connectivity index (χ2n) is 6.76. The van der Waals surface area contributed by atoms with Gasteiger partial charge in [0.1, 0.15) is 5.75 Å². The Morgan fingerprint density at radius 2 is 2.19 bits per heavy atom. The van der Waals surface area contributed by atoms with Crippen LogP contribution in [0.5, 0.6) is 5.75 Å². The Bertz CT molecular complexity index is 801. The van der Waals surface area contributed by atoms with Gasteiger partial charge in [0.25, 0.3) is 0 Å². The summed E-state index contributed by atoms with van der Waals surface area (Å²) in [5.74, 6) is 0.420. The summed E-state index contributed by atoms with van der Waals surface area (Å²) in [6.45, 7) is 5.56. The van der Waals surface area contributed by atoms with E-state index in [1.165, 1.54) is 6.20 Å². The van der Waals surface area contributed by atoms with Crippen LogP contribution in [0, 0.1) is 5.82 Å². The zero-order chi connectivity index (χ0) is 19.4. The molecule has 2 aromatic rings. The molecule has 2 atom stereocenters. The van der Waals surface area contributed by atoms with Crippen LogP contribution < -0.4 is 15.0 Å². The number of hydrogen-bond acceptors (Lipinski definition) is 4. The molecule has 0 spiro atoms. The maximum atomic E-state index is 14.0. The molecule has 0 bridgehead atoms. The van der Waals surface area contributed by atoms with Gasteiger partial charge in [-0.05, 0) is 37.6 Å². The second-order valence-corrected chi connectivity index (χ2v) is 6.76. The van der Waals surface area contributed by atoms with Crippen molar-refractivity contribution in [2.45, 2.75) is 25.9 Å². The van der Waals surface area contributed by atoms with E-state index in [2.05, 4.69) is 10.3 Å². The van der Waals surface area contributed by atoms with E-state index in [1.54, 1.807) is 24.3 Å². The van der Waals surface area contributed by atoms with Crippen molar-refractivity contribution in [1.29, 1.82) is 0 Å². The van der Waals surface area contributed by atoms with Crippen molar-refractivity contribution in [3.05, 3.63) is 54.1 Å². The molecular formula is C20H25FN4O2. The normalized spacial score (nSPS) is 18.1. The van der Waals surface area contributed by atoms with Gasteiger partial charge in [0, 0.05) is 31.9 Å². The minimum absolute atomic E-state index is 0.00789. The van der Waals surface area contributed by atoms with Crippen molar-refractivity contribution in [3.8, 4) is 5.75 Å². The molecule has 27 heavy (non-hydrogen) atoms. The molecular weight excluding hydrogens is 347 g/mol. The predicted molar refractivity (Wildman–Crippen MR) is 103 cm³/mol. The Morgan fingerprint density at radius 1 is 1.37 bits per heavy atom. The molecule has 2 amide bonds. The third kappa shape index (κ3) is 4.30. The zero-order valence-electron chi connectivity index (χ0n) is 15.9. The Labute approximate surface area is 158 Å². The lowest BCUT2D eigenvalue weighted by Gasteiger charge is -2.41. The number of hydrogen-bond donors (Lipinski definition) is 1. The Hall–Kier alpha value is -2.83. The predicted octanol–water partition coefficient (Wildman–Crippen LogP) is 3.21. The van der Waals surface area contributed by atoms with Gasteiger partial charge < -0.3 is 19.9 Å². The minimum atomic E-state index is -0.339. The Balaban J connectivity index is 1.61. The number of halogens is 1. The van der Waals surface area contributed by atoms with Crippen LogP contribution >= 0.6 is 0 Å². The van der Waals surface area contributed by atoms with Gasteiger partial charge in [-0.1, -0.05) is 12.1 Å². The van der Waals surface area contributed by atoms with Gasteiger partial charge in [-0.15, -0.1) is 0 Å². The number of pyridine rings is 1. The molecule has 1 unspecified atom stereocenters. The summed E-state index contributed by atoms with van der Waals surface area (Å²) in [5.41, 5.74) is 1.51. The fourth-order valence-corrected chi connectivity index (χ4v) is 3.37. The Kier molecular flexibility index (Phi) is 5.78. The van der Waals surface area contributed by atoms with E-state index in [4.69, 9.17) is 4.74 Å². The molecule has 7 heteroatoms. The number of carbonyl (C=O) groups excluding carboxylic acids is 1. The molecule has 6 nitrogen and oxygen atoms in total. The molecule has 0 saturated carbocycles. The van der Waals surface area contributed by atoms with Gasteiger partial charge in [0.15, 0.2) is 5.82 Å². The number of urea groups is 1. The van der Waals surface area contributed by atoms with Crippen LogP contribution in [-0.4, -0.2) is 48.7 Å². The number of ether oxygens (including phenoxy) is 1. The summed E-state index contributed by atoms with van der Waals surface area (Å²) in [6.07, 6.45) is 2.80. The molecule has 144 valence electrons. The van der Waals surface area contributed by atoms with Crippen molar-refractivity contribution in [2.24, 2.45) is 0 Å². The van der Waals surface area contributed by atoms with Crippen LogP contribution in [0.15, 0.2) is 42.7 Å². The minimum Gasteiger partial charge on any atom is -0.497 e. The summed E-state index contributed by atoms with van der Waals surface area (Å²) >= 11 is 0. The fraction of sp³-hybridized carbons (Fsp3) is 0.400. The largest absolute Gasteiger partial charge is 0.497 e. The number of rotatable bonds is 4. The lowest BCUT2D eigenvalue weighted by atomic mass is 10.1. The van der Waals surface area contributed by atoms with Crippen LogP contribution in [-0.2, 0) is 0 Å². The number of piperazine rings is 1. The summed E-state index contributed by atoms with van der Waals surface area (Å²) in [4.78, 5) is 20.2. The van der Waals surface area contributed by atoms with E-state index in [0.29, 0.717) is 25.3 Å². The first-order valence-corrected chi connectivity index (χ1v) is 9.05. The zero-order valence-corrected chi connectivity index (χ0v) is 15.9. The molecule has 1 N–H and O–H groups in total. The third-order valence-electron chi connectivity index (χ3n) is 4.91. The smallest absolute Gasteiger partial charge is 0.318 e. The van der Waals surface area contributed by atoms with Gasteiger partial charge in [-0.3, -0.25) is 4.98 Å². The number of anilines is 1.